The Morgan fingerprint density at radius 3 is 0.701 bits per heavy atom. The van der Waals surface area contributed by atoms with Crippen LogP contribution >= 0.6 is 15.6 Å². The molecule has 0 bridgehead atoms. The predicted octanol–water partition coefficient (Wildman–Crippen LogP) is 23.3. The largest absolute Gasteiger partial charge is 0.472 e. The summed E-state index contributed by atoms with van der Waals surface area (Å²) >= 11 is 0. The van der Waals surface area contributed by atoms with E-state index in [-0.39, 0.29) is 25.7 Å². The number of hydrogen-bond donors (Lipinski definition) is 3. The fourth-order valence-corrected chi connectivity index (χ4v) is 13.6. The van der Waals surface area contributed by atoms with Crippen molar-refractivity contribution in [1.82, 2.24) is 0 Å². The summed E-state index contributed by atoms with van der Waals surface area (Å²) in [6.45, 7) is 7.28. The smallest absolute Gasteiger partial charge is 0.462 e. The first-order chi connectivity index (χ1) is 47.0. The second-order valence-corrected chi connectivity index (χ2v) is 31.5. The van der Waals surface area contributed by atoms with Crippen molar-refractivity contribution in [2.24, 2.45) is 5.92 Å². The molecule has 0 aromatic rings. The van der Waals surface area contributed by atoms with Gasteiger partial charge in [-0.2, -0.15) is 0 Å². The van der Waals surface area contributed by atoms with Gasteiger partial charge in [0.1, 0.15) is 19.3 Å². The SMILES string of the molecule is CCCCCCCCCCCCCCCCCCCCCCCCC(=O)O[C@H](COC(=O)CCCCCCCCCCCCC(C)C)COP(=O)(O)OC[C@@H](O)COP(=O)(O)OC[C@@H](COC(=O)CCCCCCCCCCC)OC(=O)CCCCCCCCCCCCCCC. The van der Waals surface area contributed by atoms with Crippen LogP contribution < -0.4 is 0 Å². The van der Waals surface area contributed by atoms with E-state index in [1.54, 1.807) is 0 Å². The molecule has 0 heterocycles. The van der Waals surface area contributed by atoms with Crippen molar-refractivity contribution in [3.8, 4) is 0 Å². The highest BCUT2D eigenvalue weighted by atomic mass is 31.2. The third-order valence-electron chi connectivity index (χ3n) is 18.3. The van der Waals surface area contributed by atoms with Gasteiger partial charge in [0.05, 0.1) is 26.4 Å². The number of esters is 4. The van der Waals surface area contributed by atoms with E-state index < -0.39 is 97.5 Å². The zero-order valence-corrected chi connectivity index (χ0v) is 65.0. The molecule has 576 valence electrons. The lowest BCUT2D eigenvalue weighted by Crippen LogP contribution is -2.30. The summed E-state index contributed by atoms with van der Waals surface area (Å²) in [5.74, 6) is -1.35. The summed E-state index contributed by atoms with van der Waals surface area (Å²) in [4.78, 5) is 72.8. The van der Waals surface area contributed by atoms with Crippen LogP contribution in [0.4, 0.5) is 0 Å². The molecule has 0 aromatic carbocycles. The Bertz CT molecular complexity index is 1860. The van der Waals surface area contributed by atoms with E-state index in [4.69, 9.17) is 37.0 Å². The van der Waals surface area contributed by atoms with Gasteiger partial charge in [-0.15, -0.1) is 0 Å². The van der Waals surface area contributed by atoms with Crippen LogP contribution in [0.3, 0.4) is 0 Å². The first-order valence-corrected chi connectivity index (χ1v) is 43.6. The normalized spacial score (nSPS) is 13.9. The number of aliphatic hydroxyl groups excluding tert-OH is 1. The Kier molecular flexibility index (Phi) is 69.6. The highest BCUT2D eigenvalue weighted by Crippen LogP contribution is 2.45. The zero-order valence-electron chi connectivity index (χ0n) is 63.2. The van der Waals surface area contributed by atoms with Crippen LogP contribution in [0, 0.1) is 5.92 Å². The van der Waals surface area contributed by atoms with Crippen molar-refractivity contribution in [2.75, 3.05) is 39.6 Å². The van der Waals surface area contributed by atoms with Crippen molar-refractivity contribution >= 4 is 39.5 Å². The maximum absolute atomic E-state index is 13.1. The van der Waals surface area contributed by atoms with Crippen molar-refractivity contribution < 1.29 is 80.2 Å². The topological polar surface area (TPSA) is 237 Å². The van der Waals surface area contributed by atoms with Gasteiger partial charge in [0.25, 0.3) is 0 Å². The van der Waals surface area contributed by atoms with Crippen molar-refractivity contribution in [1.29, 1.82) is 0 Å². The second kappa shape index (κ2) is 71.1. The van der Waals surface area contributed by atoms with Gasteiger partial charge in [0.15, 0.2) is 12.2 Å². The number of rotatable bonds is 78. The molecular formula is C78H152O17P2. The summed E-state index contributed by atoms with van der Waals surface area (Å²) in [5.41, 5.74) is 0. The van der Waals surface area contributed by atoms with Crippen molar-refractivity contribution in [3.63, 3.8) is 0 Å². The van der Waals surface area contributed by atoms with Crippen LogP contribution in [-0.2, 0) is 65.4 Å². The molecule has 0 rings (SSSR count). The van der Waals surface area contributed by atoms with Crippen LogP contribution in [0.2, 0.25) is 0 Å². The lowest BCUT2D eigenvalue weighted by molar-refractivity contribution is -0.161. The predicted molar refractivity (Wildman–Crippen MR) is 395 cm³/mol. The molecule has 3 N–H and O–H groups in total. The van der Waals surface area contributed by atoms with Crippen molar-refractivity contribution in [3.05, 3.63) is 0 Å². The molecule has 0 spiro atoms. The molecule has 0 radical (unpaired) electrons. The lowest BCUT2D eigenvalue weighted by atomic mass is 10.0. The first kappa shape index (κ1) is 95.1. The third kappa shape index (κ3) is 72.2. The number of carbonyl (C=O) groups excluding carboxylic acids is 4. The second-order valence-electron chi connectivity index (χ2n) is 28.6. The van der Waals surface area contributed by atoms with Gasteiger partial charge in [0.2, 0.25) is 0 Å². The maximum atomic E-state index is 13.1. The Morgan fingerprint density at radius 2 is 0.474 bits per heavy atom. The van der Waals surface area contributed by atoms with Crippen LogP contribution in [0.5, 0.6) is 0 Å². The Balaban J connectivity index is 5.17. The standard InChI is InChI=1S/C78H152O17P2/c1-6-9-12-15-18-21-23-25-26-27-28-29-30-31-32-33-35-37-44-49-54-59-64-78(83)95-74(68-89-76(81)62-57-52-47-42-39-38-41-45-50-55-60-71(4)5)70-93-97(86,87)91-66-72(79)65-90-96(84,85)92-69-73(67-88-75(80)61-56-51-46-40-20-17-14-11-8-3)94-77(82)63-58-53-48-43-36-34-24-22-19-16-13-10-7-2/h71-74,79H,6-70H2,1-5H3,(H,84,85)(H,86,87)/t72-,73+,74+/m0/s1. The van der Waals surface area contributed by atoms with Gasteiger partial charge in [-0.3, -0.25) is 37.3 Å². The van der Waals surface area contributed by atoms with E-state index in [1.165, 1.54) is 238 Å². The number of phosphoric ester groups is 2. The quantitative estimate of drug-likeness (QED) is 0.0222. The summed E-state index contributed by atoms with van der Waals surface area (Å²) < 4.78 is 68.5. The molecule has 0 fully saturated rings. The molecule has 0 saturated carbocycles. The first-order valence-electron chi connectivity index (χ1n) is 40.6. The summed E-state index contributed by atoms with van der Waals surface area (Å²) in [6, 6.07) is 0. The van der Waals surface area contributed by atoms with Gasteiger partial charge in [-0.1, -0.05) is 362 Å². The van der Waals surface area contributed by atoms with Crippen LogP contribution in [0.25, 0.3) is 0 Å². The summed E-state index contributed by atoms with van der Waals surface area (Å²) in [7, 11) is -9.91. The van der Waals surface area contributed by atoms with Gasteiger partial charge in [-0.25, -0.2) is 9.13 Å². The minimum Gasteiger partial charge on any atom is -0.462 e. The molecular weight excluding hydrogens is 1270 g/mol. The molecule has 2 unspecified atom stereocenters. The molecule has 0 amide bonds. The maximum Gasteiger partial charge on any atom is 0.472 e. The molecule has 0 aliphatic heterocycles. The number of unbranched alkanes of at least 4 members (excludes halogenated alkanes) is 50. The van der Waals surface area contributed by atoms with E-state index in [1.807, 2.05) is 0 Å². The van der Waals surface area contributed by atoms with Gasteiger partial charge in [-0.05, 0) is 31.6 Å². The van der Waals surface area contributed by atoms with Crippen LogP contribution in [0.15, 0.2) is 0 Å². The highest BCUT2D eigenvalue weighted by Gasteiger charge is 2.30. The van der Waals surface area contributed by atoms with Gasteiger partial charge in [0, 0.05) is 25.7 Å². The Hall–Kier alpha value is -1.94. The molecule has 19 heteroatoms. The van der Waals surface area contributed by atoms with Gasteiger partial charge < -0.3 is 33.8 Å². The number of carbonyl (C=O) groups is 4. The Labute approximate surface area is 594 Å². The van der Waals surface area contributed by atoms with Crippen molar-refractivity contribution in [2.45, 2.75) is 432 Å². The van der Waals surface area contributed by atoms with Gasteiger partial charge >= 0.3 is 39.5 Å². The highest BCUT2D eigenvalue weighted by molar-refractivity contribution is 7.47. The number of phosphoric acid groups is 2. The van der Waals surface area contributed by atoms with E-state index in [9.17, 15) is 43.2 Å². The minimum atomic E-state index is -4.96. The number of ether oxygens (including phenoxy) is 4. The fraction of sp³-hybridized carbons (Fsp3) is 0.949. The molecule has 97 heavy (non-hydrogen) atoms. The molecule has 0 aliphatic rings. The summed E-state index contributed by atoms with van der Waals surface area (Å²) in [6.07, 6.45) is 61.1. The van der Waals surface area contributed by atoms with Crippen LogP contribution in [-0.4, -0.2) is 96.7 Å². The molecule has 0 aromatic heterocycles. The summed E-state index contributed by atoms with van der Waals surface area (Å²) in [5, 5.41) is 10.6. The van der Waals surface area contributed by atoms with E-state index in [2.05, 4.69) is 34.6 Å². The number of hydrogen-bond acceptors (Lipinski definition) is 15. The van der Waals surface area contributed by atoms with E-state index in [0.717, 1.165) is 95.8 Å². The van der Waals surface area contributed by atoms with Crippen LogP contribution in [0.1, 0.15) is 413 Å². The minimum absolute atomic E-state index is 0.108. The average Bonchev–Trinajstić information content (AvgIpc) is 1.38. The molecule has 0 saturated heterocycles. The molecule has 17 nitrogen and oxygen atoms in total. The monoisotopic (exact) mass is 1420 g/mol. The lowest BCUT2D eigenvalue weighted by Gasteiger charge is -2.21. The molecule has 5 atom stereocenters. The van der Waals surface area contributed by atoms with E-state index in [0.29, 0.717) is 25.7 Å². The number of aliphatic hydroxyl groups is 1. The third-order valence-corrected chi connectivity index (χ3v) is 20.2. The Morgan fingerprint density at radius 1 is 0.278 bits per heavy atom. The van der Waals surface area contributed by atoms with E-state index >= 15 is 0 Å². The zero-order chi connectivity index (χ0) is 71.2. The average molecular weight is 1420 g/mol. The fourth-order valence-electron chi connectivity index (χ4n) is 12.1. The molecule has 0 aliphatic carbocycles.